The van der Waals surface area contributed by atoms with Crippen LogP contribution in [-0.2, 0) is 14.8 Å². The Morgan fingerprint density at radius 1 is 1.15 bits per heavy atom. The predicted octanol–water partition coefficient (Wildman–Crippen LogP) is 2.29. The molecule has 0 spiro atoms. The Hall–Kier alpha value is -1.93. The number of nitrogens with zero attached hydrogens (tertiary/aromatic N) is 2. The fourth-order valence-electron chi connectivity index (χ4n) is 3.54. The highest BCUT2D eigenvalue weighted by molar-refractivity contribution is 7.89. The van der Waals surface area contributed by atoms with Crippen LogP contribution in [0.15, 0.2) is 29.2 Å². The Labute approximate surface area is 161 Å². The molecule has 1 aromatic rings. The quantitative estimate of drug-likeness (QED) is 0.763. The van der Waals surface area contributed by atoms with Crippen molar-refractivity contribution in [3.63, 3.8) is 0 Å². The lowest BCUT2D eigenvalue weighted by atomic mass is 9.94. The first-order valence-electron chi connectivity index (χ1n) is 9.26. The van der Waals surface area contributed by atoms with Crippen LogP contribution in [-0.4, -0.2) is 60.8 Å². The summed E-state index contributed by atoms with van der Waals surface area (Å²) in [6, 6.07) is 5.90. The van der Waals surface area contributed by atoms with Crippen LogP contribution in [0.4, 0.5) is 0 Å². The van der Waals surface area contributed by atoms with Crippen molar-refractivity contribution in [2.75, 3.05) is 26.2 Å². The highest BCUT2D eigenvalue weighted by Gasteiger charge is 2.31. The van der Waals surface area contributed by atoms with Gasteiger partial charge in [-0.25, -0.2) is 8.42 Å². The third-order valence-corrected chi connectivity index (χ3v) is 6.68. The minimum atomic E-state index is -3.59. The number of hydrogen-bond donors (Lipinski definition) is 1. The van der Waals surface area contributed by atoms with Crippen LogP contribution in [0.25, 0.3) is 0 Å². The van der Waals surface area contributed by atoms with Crippen LogP contribution < -0.4 is 0 Å². The second kappa shape index (κ2) is 8.84. The van der Waals surface area contributed by atoms with Crippen LogP contribution in [0.1, 0.15) is 44.0 Å². The molecule has 0 aromatic heterocycles. The van der Waals surface area contributed by atoms with Gasteiger partial charge in [0.25, 0.3) is 5.91 Å². The highest BCUT2D eigenvalue weighted by Crippen LogP contribution is 2.26. The number of piperidine rings is 1. The lowest BCUT2D eigenvalue weighted by Crippen LogP contribution is -2.42. The molecule has 1 aliphatic rings. The number of rotatable bonds is 7. The number of amides is 1. The van der Waals surface area contributed by atoms with Gasteiger partial charge in [-0.2, -0.15) is 4.31 Å². The van der Waals surface area contributed by atoms with Crippen molar-refractivity contribution in [3.05, 3.63) is 29.8 Å². The molecule has 0 bridgehead atoms. The number of benzene rings is 1. The van der Waals surface area contributed by atoms with Gasteiger partial charge in [-0.3, -0.25) is 9.59 Å². The molecule has 1 saturated heterocycles. The molecule has 2 rings (SSSR count). The largest absolute Gasteiger partial charge is 0.481 e. The zero-order valence-corrected chi connectivity index (χ0v) is 16.9. The molecule has 2 unspecified atom stereocenters. The molecule has 0 radical (unpaired) electrons. The van der Waals surface area contributed by atoms with Crippen molar-refractivity contribution in [3.8, 4) is 0 Å². The average Bonchev–Trinajstić information content (AvgIpc) is 2.61. The number of hydrogen-bond acceptors (Lipinski definition) is 4. The summed E-state index contributed by atoms with van der Waals surface area (Å²) in [6.45, 7) is 7.40. The number of carbonyl (C=O) groups is 2. The summed E-state index contributed by atoms with van der Waals surface area (Å²) in [5.41, 5.74) is 0.349. The molecule has 0 saturated carbocycles. The van der Waals surface area contributed by atoms with Crippen LogP contribution >= 0.6 is 0 Å². The Bertz CT molecular complexity index is 766. The Morgan fingerprint density at radius 2 is 1.70 bits per heavy atom. The molecular formula is C19H28N2O5S. The van der Waals surface area contributed by atoms with Crippen molar-refractivity contribution < 1.29 is 23.1 Å². The van der Waals surface area contributed by atoms with Gasteiger partial charge in [-0.05, 0) is 49.4 Å². The van der Waals surface area contributed by atoms with Crippen LogP contribution in [0.5, 0.6) is 0 Å². The average molecular weight is 397 g/mol. The van der Waals surface area contributed by atoms with Gasteiger partial charge in [-0.15, -0.1) is 0 Å². The number of aliphatic carboxylic acids is 1. The van der Waals surface area contributed by atoms with E-state index in [9.17, 15) is 18.0 Å². The second-order valence-electron chi connectivity index (χ2n) is 7.32. The van der Waals surface area contributed by atoms with Crippen molar-refractivity contribution in [1.82, 2.24) is 9.21 Å². The van der Waals surface area contributed by atoms with Gasteiger partial charge in [0, 0.05) is 31.7 Å². The van der Waals surface area contributed by atoms with E-state index in [4.69, 9.17) is 5.11 Å². The van der Waals surface area contributed by atoms with Gasteiger partial charge in [0.15, 0.2) is 0 Å². The molecular weight excluding hydrogens is 368 g/mol. The van der Waals surface area contributed by atoms with Gasteiger partial charge in [0.2, 0.25) is 10.0 Å². The van der Waals surface area contributed by atoms with Gasteiger partial charge < -0.3 is 10.0 Å². The van der Waals surface area contributed by atoms with Crippen molar-refractivity contribution in [2.24, 2.45) is 11.8 Å². The first kappa shape index (κ1) is 21.4. The van der Waals surface area contributed by atoms with E-state index in [1.54, 1.807) is 6.92 Å². The molecule has 1 heterocycles. The summed E-state index contributed by atoms with van der Waals surface area (Å²) in [5.74, 6) is -0.635. The van der Waals surface area contributed by atoms with Gasteiger partial charge in [-0.1, -0.05) is 13.8 Å². The fourth-order valence-corrected chi connectivity index (χ4v) is 5.22. The van der Waals surface area contributed by atoms with Gasteiger partial charge in [0.05, 0.1) is 11.3 Å². The maximum atomic E-state index is 12.9. The molecule has 7 nitrogen and oxygen atoms in total. The molecule has 0 aliphatic carbocycles. The maximum absolute atomic E-state index is 12.9. The first-order valence-corrected chi connectivity index (χ1v) is 10.7. The van der Waals surface area contributed by atoms with E-state index < -0.39 is 16.0 Å². The van der Waals surface area contributed by atoms with Gasteiger partial charge in [0.1, 0.15) is 0 Å². The SMILES string of the molecule is CCN(CCC(=O)O)C(=O)c1ccc(S(=O)(=O)N2CC(C)CC(C)C2)cc1. The third kappa shape index (κ3) is 5.29. The number of sulfonamides is 1. The van der Waals surface area contributed by atoms with E-state index in [0.717, 1.165) is 6.42 Å². The zero-order chi connectivity index (χ0) is 20.2. The highest BCUT2D eigenvalue weighted by atomic mass is 32.2. The Kier molecular flexibility index (Phi) is 7.00. The van der Waals surface area contributed by atoms with Crippen LogP contribution in [0.2, 0.25) is 0 Å². The summed E-state index contributed by atoms with van der Waals surface area (Å²) >= 11 is 0. The maximum Gasteiger partial charge on any atom is 0.305 e. The predicted molar refractivity (Wildman–Crippen MR) is 102 cm³/mol. The van der Waals surface area contributed by atoms with Crippen molar-refractivity contribution in [1.29, 1.82) is 0 Å². The minimum absolute atomic E-state index is 0.119. The Morgan fingerprint density at radius 3 is 2.19 bits per heavy atom. The van der Waals surface area contributed by atoms with E-state index in [1.165, 1.54) is 33.5 Å². The second-order valence-corrected chi connectivity index (χ2v) is 9.26. The smallest absolute Gasteiger partial charge is 0.305 e. The normalized spacial score (nSPS) is 21.0. The van der Waals surface area contributed by atoms with E-state index >= 15 is 0 Å². The summed E-state index contributed by atoms with van der Waals surface area (Å²) in [4.78, 5) is 24.8. The molecule has 1 aliphatic heterocycles. The van der Waals surface area contributed by atoms with E-state index in [-0.39, 0.29) is 23.8 Å². The first-order chi connectivity index (χ1) is 12.6. The standard InChI is InChI=1S/C19H28N2O5S/c1-4-20(10-9-18(22)23)19(24)16-5-7-17(8-6-16)27(25,26)21-12-14(2)11-15(3)13-21/h5-8,14-15H,4,9-13H2,1-3H3,(H,22,23). The fraction of sp³-hybridized carbons (Fsp3) is 0.579. The molecule has 2 atom stereocenters. The zero-order valence-electron chi connectivity index (χ0n) is 16.1. The topological polar surface area (TPSA) is 95.0 Å². The summed E-state index contributed by atoms with van der Waals surface area (Å²) in [7, 11) is -3.59. The molecule has 1 amide bonds. The monoisotopic (exact) mass is 396 g/mol. The molecule has 150 valence electrons. The lowest BCUT2D eigenvalue weighted by molar-refractivity contribution is -0.137. The van der Waals surface area contributed by atoms with E-state index in [0.29, 0.717) is 37.0 Å². The molecule has 27 heavy (non-hydrogen) atoms. The van der Waals surface area contributed by atoms with E-state index in [1.807, 2.05) is 0 Å². The molecule has 1 N–H and O–H groups in total. The van der Waals surface area contributed by atoms with Crippen LogP contribution in [0.3, 0.4) is 0 Å². The van der Waals surface area contributed by atoms with Crippen molar-refractivity contribution in [2.45, 2.75) is 38.5 Å². The minimum Gasteiger partial charge on any atom is -0.481 e. The van der Waals surface area contributed by atoms with E-state index in [2.05, 4.69) is 13.8 Å². The number of carbonyl (C=O) groups excluding carboxylic acids is 1. The van der Waals surface area contributed by atoms with Crippen LogP contribution in [0, 0.1) is 11.8 Å². The van der Waals surface area contributed by atoms with Crippen molar-refractivity contribution >= 4 is 21.9 Å². The Balaban J connectivity index is 2.15. The molecule has 1 aromatic carbocycles. The summed E-state index contributed by atoms with van der Waals surface area (Å²) in [5, 5.41) is 8.79. The molecule has 8 heteroatoms. The molecule has 1 fully saturated rings. The van der Waals surface area contributed by atoms with Gasteiger partial charge >= 0.3 is 5.97 Å². The number of carboxylic acids is 1. The third-order valence-electron chi connectivity index (χ3n) is 4.84. The summed E-state index contributed by atoms with van der Waals surface area (Å²) < 4.78 is 27.3. The summed E-state index contributed by atoms with van der Waals surface area (Å²) in [6.07, 6.45) is 0.889. The lowest BCUT2D eigenvalue weighted by Gasteiger charge is -2.34. The number of carboxylic acid groups (broad SMARTS) is 1.